The maximum absolute atomic E-state index is 12.1. The van der Waals surface area contributed by atoms with E-state index in [2.05, 4.69) is 20.8 Å². The average molecular weight is 287 g/mol. The minimum atomic E-state index is 0. The molecule has 1 aromatic heterocycles. The summed E-state index contributed by atoms with van der Waals surface area (Å²) in [6, 6.07) is 1.54. The second-order valence-corrected chi connectivity index (χ2v) is 5.28. The molecule has 0 spiro atoms. The molecule has 0 radical (unpaired) electrons. The van der Waals surface area contributed by atoms with Gasteiger partial charge >= 0.3 is 0 Å². The van der Waals surface area contributed by atoms with Crippen LogP contribution in [-0.4, -0.2) is 56.2 Å². The van der Waals surface area contributed by atoms with Gasteiger partial charge in [-0.05, 0) is 36.1 Å². The van der Waals surface area contributed by atoms with Crippen LogP contribution in [0, 0.1) is 0 Å². The Morgan fingerprint density at radius 1 is 1.42 bits per heavy atom. The summed E-state index contributed by atoms with van der Waals surface area (Å²) < 4.78 is 1.47. The van der Waals surface area contributed by atoms with Gasteiger partial charge in [-0.2, -0.15) is 0 Å². The van der Waals surface area contributed by atoms with Crippen LogP contribution < -0.4 is 5.32 Å². The lowest BCUT2D eigenvalue weighted by Gasteiger charge is -2.35. The van der Waals surface area contributed by atoms with Crippen molar-refractivity contribution < 1.29 is 4.79 Å². The minimum absolute atomic E-state index is 0. The van der Waals surface area contributed by atoms with E-state index in [1.807, 2.05) is 11.9 Å². The fourth-order valence-corrected chi connectivity index (χ4v) is 3.05. The molecule has 2 unspecified atom stereocenters. The predicted octanol–water partition coefficient (Wildman–Crippen LogP) is -0.164. The zero-order valence-electron chi connectivity index (χ0n) is 10.9. The van der Waals surface area contributed by atoms with E-state index < -0.39 is 0 Å². The minimum Gasteiger partial charge on any atom is -0.341 e. The second kappa shape index (κ2) is 5.83. The number of hydrogen-bond acceptors (Lipinski definition) is 5. The Balaban J connectivity index is 0.00000133. The van der Waals surface area contributed by atoms with Gasteiger partial charge in [-0.1, -0.05) is 0 Å². The van der Waals surface area contributed by atoms with Crippen molar-refractivity contribution in [2.75, 3.05) is 7.05 Å². The zero-order valence-corrected chi connectivity index (χ0v) is 11.7. The van der Waals surface area contributed by atoms with Crippen LogP contribution in [-0.2, 0) is 11.3 Å². The van der Waals surface area contributed by atoms with Crippen molar-refractivity contribution in [3.8, 4) is 0 Å². The molecule has 2 atom stereocenters. The van der Waals surface area contributed by atoms with Crippen LogP contribution >= 0.6 is 12.4 Å². The number of nitrogens with one attached hydrogen (secondary N) is 1. The third-order valence-corrected chi connectivity index (χ3v) is 4.08. The molecule has 0 aromatic carbocycles. The van der Waals surface area contributed by atoms with E-state index in [4.69, 9.17) is 0 Å². The molecule has 2 aliphatic rings. The highest BCUT2D eigenvalue weighted by Gasteiger charge is 2.36. The first-order chi connectivity index (χ1) is 8.72. The number of carbonyl (C=O) groups excluding carboxylic acids is 1. The van der Waals surface area contributed by atoms with Crippen LogP contribution in [0.15, 0.2) is 6.33 Å². The third-order valence-electron chi connectivity index (χ3n) is 4.08. The Morgan fingerprint density at radius 3 is 2.68 bits per heavy atom. The first kappa shape index (κ1) is 14.2. The summed E-state index contributed by atoms with van der Waals surface area (Å²) in [5.41, 5.74) is 0. The number of piperidine rings is 1. The molecule has 1 aromatic rings. The van der Waals surface area contributed by atoms with E-state index in [-0.39, 0.29) is 24.9 Å². The van der Waals surface area contributed by atoms with E-state index in [1.54, 1.807) is 0 Å². The number of carbonyl (C=O) groups is 1. The summed E-state index contributed by atoms with van der Waals surface area (Å²) in [6.45, 7) is 0.225. The molecule has 7 nitrogen and oxygen atoms in total. The van der Waals surface area contributed by atoms with Gasteiger partial charge in [0.1, 0.15) is 12.9 Å². The van der Waals surface area contributed by atoms with Crippen molar-refractivity contribution in [2.24, 2.45) is 0 Å². The highest BCUT2D eigenvalue weighted by molar-refractivity contribution is 5.85. The molecule has 3 heterocycles. The number of halogens is 1. The lowest BCUT2D eigenvalue weighted by Crippen LogP contribution is -2.49. The van der Waals surface area contributed by atoms with E-state index in [0.29, 0.717) is 18.1 Å². The van der Waals surface area contributed by atoms with Gasteiger partial charge in [-0.25, -0.2) is 4.68 Å². The molecular weight excluding hydrogens is 268 g/mol. The lowest BCUT2D eigenvalue weighted by molar-refractivity contribution is -0.133. The number of tetrazole rings is 1. The van der Waals surface area contributed by atoms with Crippen LogP contribution in [0.3, 0.4) is 0 Å². The normalized spacial score (nSPS) is 28.8. The Morgan fingerprint density at radius 2 is 2.11 bits per heavy atom. The van der Waals surface area contributed by atoms with Gasteiger partial charge in [0.25, 0.3) is 0 Å². The molecule has 2 bridgehead atoms. The zero-order chi connectivity index (χ0) is 12.5. The SMILES string of the molecule is CN(C(=O)Cn1cnnn1)C1CC2CCC(C1)N2.Cl. The quantitative estimate of drug-likeness (QED) is 0.835. The van der Waals surface area contributed by atoms with Gasteiger partial charge < -0.3 is 10.2 Å². The highest BCUT2D eigenvalue weighted by atomic mass is 35.5. The van der Waals surface area contributed by atoms with Crippen molar-refractivity contribution >= 4 is 18.3 Å². The van der Waals surface area contributed by atoms with Gasteiger partial charge in [0.2, 0.25) is 5.91 Å². The standard InChI is InChI=1S/C11H18N6O.ClH/c1-16(11(18)6-17-7-12-14-15-17)10-4-8-2-3-9(5-10)13-8;/h7-10,13H,2-6H2,1H3;1H. The number of rotatable bonds is 3. The molecule has 0 saturated carbocycles. The monoisotopic (exact) mass is 286 g/mol. The van der Waals surface area contributed by atoms with Crippen LogP contribution in [0.1, 0.15) is 25.7 Å². The van der Waals surface area contributed by atoms with Crippen LogP contribution in [0.2, 0.25) is 0 Å². The molecule has 106 valence electrons. The van der Waals surface area contributed by atoms with Crippen molar-refractivity contribution in [2.45, 2.75) is 50.4 Å². The molecule has 2 fully saturated rings. The summed E-state index contributed by atoms with van der Waals surface area (Å²) in [7, 11) is 1.89. The molecular formula is C11H19ClN6O. The molecule has 3 rings (SSSR count). The van der Waals surface area contributed by atoms with E-state index in [1.165, 1.54) is 23.9 Å². The van der Waals surface area contributed by atoms with Crippen molar-refractivity contribution in [3.05, 3.63) is 6.33 Å². The molecule has 2 saturated heterocycles. The number of nitrogens with zero attached hydrogens (tertiary/aromatic N) is 5. The topological polar surface area (TPSA) is 75.9 Å². The van der Waals surface area contributed by atoms with Gasteiger partial charge in [-0.3, -0.25) is 4.79 Å². The number of likely N-dealkylation sites (N-methyl/N-ethyl adjacent to an activating group) is 1. The number of hydrogen-bond donors (Lipinski definition) is 1. The number of aromatic nitrogens is 4. The molecule has 8 heteroatoms. The molecule has 1 N–H and O–H groups in total. The second-order valence-electron chi connectivity index (χ2n) is 5.28. The summed E-state index contributed by atoms with van der Waals surface area (Å²) in [4.78, 5) is 14.0. The predicted molar refractivity (Wildman–Crippen MR) is 70.8 cm³/mol. The fourth-order valence-electron chi connectivity index (χ4n) is 3.05. The largest absolute Gasteiger partial charge is 0.341 e. The maximum atomic E-state index is 12.1. The fraction of sp³-hybridized carbons (Fsp3) is 0.818. The highest BCUT2D eigenvalue weighted by Crippen LogP contribution is 2.29. The maximum Gasteiger partial charge on any atom is 0.244 e. The Bertz CT molecular complexity index is 413. The van der Waals surface area contributed by atoms with Gasteiger partial charge in [0.05, 0.1) is 0 Å². The van der Waals surface area contributed by atoms with Gasteiger partial charge in [0, 0.05) is 25.2 Å². The van der Waals surface area contributed by atoms with E-state index in [0.717, 1.165) is 12.8 Å². The smallest absolute Gasteiger partial charge is 0.244 e. The van der Waals surface area contributed by atoms with Crippen molar-refractivity contribution in [3.63, 3.8) is 0 Å². The summed E-state index contributed by atoms with van der Waals surface area (Å²) in [5.74, 6) is 0.0774. The third kappa shape index (κ3) is 3.03. The number of fused-ring (bicyclic) bond motifs is 2. The Kier molecular flexibility index (Phi) is 4.36. The first-order valence-corrected chi connectivity index (χ1v) is 6.45. The molecule has 2 aliphatic heterocycles. The summed E-state index contributed by atoms with van der Waals surface area (Å²) in [5, 5.41) is 14.4. The van der Waals surface area contributed by atoms with Crippen molar-refractivity contribution in [1.82, 2.24) is 30.4 Å². The van der Waals surface area contributed by atoms with Gasteiger partial charge in [0.15, 0.2) is 0 Å². The van der Waals surface area contributed by atoms with Crippen LogP contribution in [0.4, 0.5) is 0 Å². The van der Waals surface area contributed by atoms with Crippen molar-refractivity contribution in [1.29, 1.82) is 0 Å². The molecule has 0 aliphatic carbocycles. The van der Waals surface area contributed by atoms with Crippen LogP contribution in [0.5, 0.6) is 0 Å². The van der Waals surface area contributed by atoms with Crippen LogP contribution in [0.25, 0.3) is 0 Å². The summed E-state index contributed by atoms with van der Waals surface area (Å²) >= 11 is 0. The Labute approximate surface area is 118 Å². The Hall–Kier alpha value is -1.21. The van der Waals surface area contributed by atoms with E-state index in [9.17, 15) is 4.79 Å². The first-order valence-electron chi connectivity index (χ1n) is 6.45. The molecule has 19 heavy (non-hydrogen) atoms. The van der Waals surface area contributed by atoms with E-state index >= 15 is 0 Å². The van der Waals surface area contributed by atoms with Gasteiger partial charge in [-0.15, -0.1) is 17.5 Å². The molecule has 1 amide bonds. The number of amides is 1. The summed E-state index contributed by atoms with van der Waals surface area (Å²) in [6.07, 6.45) is 6.09. The lowest BCUT2D eigenvalue weighted by atomic mass is 9.98. The average Bonchev–Trinajstić information content (AvgIpc) is 2.98.